The molecule has 1 aliphatic rings. The maximum atomic E-state index is 13.8. The molecule has 11 heteroatoms. The van der Waals surface area contributed by atoms with Crippen molar-refractivity contribution in [1.82, 2.24) is 0 Å². The molecule has 29 heavy (non-hydrogen) atoms. The van der Waals surface area contributed by atoms with Crippen LogP contribution in [0.1, 0.15) is 11.1 Å². The number of rotatable bonds is 3. The molecule has 0 spiro atoms. The molecule has 3 rings (SSSR count). The van der Waals surface area contributed by atoms with Gasteiger partial charge in [-0.2, -0.15) is 18.4 Å². The molecular weight excluding hydrogens is 412 g/mol. The van der Waals surface area contributed by atoms with E-state index in [1.165, 1.54) is 17.0 Å². The van der Waals surface area contributed by atoms with E-state index in [9.17, 15) is 26.0 Å². The lowest BCUT2D eigenvalue weighted by Gasteiger charge is -2.38. The maximum absolute atomic E-state index is 13.8. The lowest BCUT2D eigenvalue weighted by atomic mass is 10.1. The predicted molar refractivity (Wildman–Crippen MR) is 98.4 cm³/mol. The lowest BCUT2D eigenvalue weighted by molar-refractivity contribution is -0.137. The first-order valence-corrected chi connectivity index (χ1v) is 9.99. The highest BCUT2D eigenvalue weighted by Gasteiger charge is 2.36. The highest BCUT2D eigenvalue weighted by atomic mass is 32.2. The van der Waals surface area contributed by atoms with Gasteiger partial charge in [-0.25, -0.2) is 17.9 Å². The van der Waals surface area contributed by atoms with Crippen LogP contribution in [0.25, 0.3) is 0 Å². The first-order chi connectivity index (χ1) is 13.5. The number of nitriles is 1. The molecule has 0 bridgehead atoms. The Hall–Kier alpha value is -2.84. The van der Waals surface area contributed by atoms with E-state index in [0.29, 0.717) is 11.8 Å². The van der Waals surface area contributed by atoms with Crippen molar-refractivity contribution in [3.63, 3.8) is 0 Å². The molecule has 0 aromatic heterocycles. The van der Waals surface area contributed by atoms with Crippen LogP contribution in [-0.2, 0) is 16.2 Å². The fourth-order valence-electron chi connectivity index (χ4n) is 3.27. The Bertz CT molecular complexity index is 1070. The summed E-state index contributed by atoms with van der Waals surface area (Å²) in [5, 5.41) is 14.1. The summed E-state index contributed by atoms with van der Waals surface area (Å²) in [4.78, 5) is 2.58. The first-order valence-electron chi connectivity index (χ1n) is 8.45. The average Bonchev–Trinajstić information content (AvgIpc) is 2.66. The molecule has 0 aliphatic carbocycles. The monoisotopic (exact) mass is 428 g/mol. The van der Waals surface area contributed by atoms with Crippen LogP contribution in [0.3, 0.4) is 0 Å². The molecule has 0 saturated carbocycles. The summed E-state index contributed by atoms with van der Waals surface area (Å²) in [6.07, 6.45) is -4.77. The number of primary sulfonamides is 1. The van der Waals surface area contributed by atoms with Gasteiger partial charge in [0.2, 0.25) is 10.0 Å². The summed E-state index contributed by atoms with van der Waals surface area (Å²) in [5.41, 5.74) is -0.993. The van der Waals surface area contributed by atoms with Crippen LogP contribution in [0.15, 0.2) is 41.3 Å². The topological polar surface area (TPSA) is 90.4 Å². The summed E-state index contributed by atoms with van der Waals surface area (Å²) in [6.45, 7) is 0.844. The Kier molecular flexibility index (Phi) is 5.42. The van der Waals surface area contributed by atoms with E-state index in [-0.39, 0.29) is 37.4 Å². The van der Waals surface area contributed by atoms with Crippen LogP contribution in [0, 0.1) is 17.1 Å². The van der Waals surface area contributed by atoms with Gasteiger partial charge >= 0.3 is 6.18 Å². The van der Waals surface area contributed by atoms with Crippen molar-refractivity contribution < 1.29 is 26.0 Å². The summed E-state index contributed by atoms with van der Waals surface area (Å²) >= 11 is 0. The second-order valence-electron chi connectivity index (χ2n) is 6.44. The van der Waals surface area contributed by atoms with Gasteiger partial charge in [-0.1, -0.05) is 6.07 Å². The van der Waals surface area contributed by atoms with E-state index < -0.39 is 32.5 Å². The molecule has 0 atom stereocenters. The fourth-order valence-corrected chi connectivity index (χ4v) is 3.81. The maximum Gasteiger partial charge on any atom is 0.418 e. The molecule has 0 amide bonds. The zero-order chi connectivity index (χ0) is 21.4. The van der Waals surface area contributed by atoms with E-state index in [1.54, 1.807) is 17.0 Å². The van der Waals surface area contributed by atoms with Gasteiger partial charge in [0, 0.05) is 31.9 Å². The van der Waals surface area contributed by atoms with Crippen molar-refractivity contribution in [2.45, 2.75) is 11.1 Å². The molecule has 2 aromatic carbocycles. The molecule has 1 saturated heterocycles. The first kappa shape index (κ1) is 20.9. The van der Waals surface area contributed by atoms with Gasteiger partial charge in [0.25, 0.3) is 0 Å². The highest BCUT2D eigenvalue weighted by Crippen LogP contribution is 2.38. The Morgan fingerprint density at radius 3 is 2.10 bits per heavy atom. The zero-order valence-corrected chi connectivity index (χ0v) is 15.8. The van der Waals surface area contributed by atoms with E-state index in [1.807, 2.05) is 0 Å². The van der Waals surface area contributed by atoms with Crippen LogP contribution in [-0.4, -0.2) is 34.6 Å². The van der Waals surface area contributed by atoms with Gasteiger partial charge in [0.1, 0.15) is 17.4 Å². The Morgan fingerprint density at radius 1 is 1.00 bits per heavy atom. The number of alkyl halides is 3. The van der Waals surface area contributed by atoms with Gasteiger partial charge in [-0.15, -0.1) is 0 Å². The van der Waals surface area contributed by atoms with Crippen LogP contribution >= 0.6 is 0 Å². The van der Waals surface area contributed by atoms with Crippen molar-refractivity contribution in [2.24, 2.45) is 5.14 Å². The molecule has 0 unspecified atom stereocenters. The van der Waals surface area contributed by atoms with Gasteiger partial charge in [0.05, 0.1) is 16.1 Å². The Morgan fingerprint density at radius 2 is 1.59 bits per heavy atom. The number of sulfonamides is 1. The van der Waals surface area contributed by atoms with Crippen molar-refractivity contribution in [2.75, 3.05) is 36.0 Å². The largest absolute Gasteiger partial charge is 0.418 e. The van der Waals surface area contributed by atoms with E-state index >= 15 is 0 Å². The fraction of sp³-hybridized carbons (Fsp3) is 0.278. The molecule has 2 aromatic rings. The minimum atomic E-state index is -4.77. The minimum Gasteiger partial charge on any atom is -0.367 e. The average molecular weight is 428 g/mol. The summed E-state index contributed by atoms with van der Waals surface area (Å²) in [6, 6.07) is 8.66. The van der Waals surface area contributed by atoms with Crippen molar-refractivity contribution in [1.29, 1.82) is 5.26 Å². The molecule has 1 aliphatic heterocycles. The quantitative estimate of drug-likeness (QED) is 0.760. The van der Waals surface area contributed by atoms with Crippen molar-refractivity contribution in [3.8, 4) is 6.07 Å². The third-order valence-corrected chi connectivity index (χ3v) is 5.58. The Labute approximate surface area is 164 Å². The number of benzene rings is 2. The number of nitrogens with zero attached hydrogens (tertiary/aromatic N) is 3. The van der Waals surface area contributed by atoms with Gasteiger partial charge < -0.3 is 9.80 Å². The molecule has 1 fully saturated rings. The predicted octanol–water partition coefficient (Wildman–Crippen LogP) is 2.69. The van der Waals surface area contributed by atoms with E-state index in [2.05, 4.69) is 0 Å². The summed E-state index contributed by atoms with van der Waals surface area (Å²) in [5.74, 6) is -0.662. The molecule has 1 heterocycles. The third kappa shape index (κ3) is 4.28. The second kappa shape index (κ2) is 7.53. The molecule has 154 valence electrons. The van der Waals surface area contributed by atoms with Crippen LogP contribution in [0.2, 0.25) is 0 Å². The number of nitrogens with two attached hydrogens (primary N) is 1. The minimum absolute atomic E-state index is 0.116. The normalized spacial score (nSPS) is 15.3. The molecule has 0 radical (unpaired) electrons. The van der Waals surface area contributed by atoms with Crippen LogP contribution in [0.5, 0.6) is 0 Å². The lowest BCUT2D eigenvalue weighted by Crippen LogP contribution is -2.47. The van der Waals surface area contributed by atoms with Crippen LogP contribution < -0.4 is 14.9 Å². The van der Waals surface area contributed by atoms with Gasteiger partial charge in [-0.05, 0) is 30.3 Å². The van der Waals surface area contributed by atoms with Crippen LogP contribution in [0.4, 0.5) is 28.9 Å². The number of anilines is 2. The van der Waals surface area contributed by atoms with Crippen molar-refractivity contribution >= 4 is 21.4 Å². The zero-order valence-electron chi connectivity index (χ0n) is 14.9. The summed E-state index contributed by atoms with van der Waals surface area (Å²) in [7, 11) is -4.28. The molecule has 6 nitrogen and oxygen atoms in total. The number of hydrogen-bond acceptors (Lipinski definition) is 5. The summed E-state index contributed by atoms with van der Waals surface area (Å²) < 4.78 is 77.2. The van der Waals surface area contributed by atoms with E-state index in [4.69, 9.17) is 10.4 Å². The highest BCUT2D eigenvalue weighted by molar-refractivity contribution is 7.89. The number of halogens is 4. The second-order valence-corrected chi connectivity index (χ2v) is 8.00. The smallest absolute Gasteiger partial charge is 0.367 e. The number of hydrogen-bond donors (Lipinski definition) is 1. The molecular formula is C18H16F4N4O2S. The standard InChI is InChI=1S/C18H16F4N4O2S/c19-15-2-1-3-16(13(15)11-23)25-6-8-26(9-7-25)17-5-4-12(29(24,27)28)10-14(17)18(20,21)22/h1-5,10H,6-9H2,(H2,24,27,28). The van der Waals surface area contributed by atoms with Gasteiger partial charge in [0.15, 0.2) is 0 Å². The van der Waals surface area contributed by atoms with E-state index in [0.717, 1.165) is 12.1 Å². The van der Waals surface area contributed by atoms with Crippen molar-refractivity contribution in [3.05, 3.63) is 53.3 Å². The number of piperazine rings is 1. The molecule has 2 N–H and O–H groups in total. The SMILES string of the molecule is N#Cc1c(F)cccc1N1CCN(c2ccc(S(N)(=O)=O)cc2C(F)(F)F)CC1. The Balaban J connectivity index is 1.88. The third-order valence-electron chi connectivity index (χ3n) is 4.67. The van der Waals surface area contributed by atoms with Gasteiger partial charge in [-0.3, -0.25) is 0 Å².